The number of rotatable bonds is 9. The highest BCUT2D eigenvalue weighted by Crippen LogP contribution is 2.22. The number of aromatic nitrogens is 1. The molecule has 2 rings (SSSR count). The summed E-state index contributed by atoms with van der Waals surface area (Å²) in [5.74, 6) is 0.556. The number of hydrogen-bond acceptors (Lipinski definition) is 5. The molecule has 6 nitrogen and oxygen atoms in total. The van der Waals surface area contributed by atoms with Crippen molar-refractivity contribution in [2.24, 2.45) is 0 Å². The number of likely N-dealkylation sites (N-methyl/N-ethyl adjacent to an activating group) is 1. The van der Waals surface area contributed by atoms with E-state index in [0.29, 0.717) is 6.54 Å². The lowest BCUT2D eigenvalue weighted by Gasteiger charge is -2.24. The second-order valence-electron chi connectivity index (χ2n) is 7.81. The topological polar surface area (TPSA) is 74.3 Å². The van der Waals surface area contributed by atoms with Crippen molar-refractivity contribution in [3.63, 3.8) is 0 Å². The number of anilines is 1. The molecule has 156 valence electrons. The summed E-state index contributed by atoms with van der Waals surface area (Å²) < 4.78 is 0. The third-order valence-electron chi connectivity index (χ3n) is 3.93. The molecule has 0 fully saturated rings. The van der Waals surface area contributed by atoms with Gasteiger partial charge in [-0.25, -0.2) is 4.98 Å². The van der Waals surface area contributed by atoms with E-state index >= 15 is 0 Å². The van der Waals surface area contributed by atoms with Crippen molar-refractivity contribution in [2.45, 2.75) is 44.0 Å². The predicted octanol–water partition coefficient (Wildman–Crippen LogP) is 3.55. The zero-order valence-corrected chi connectivity index (χ0v) is 18.4. The molecule has 0 unspecified atom stereocenters. The van der Waals surface area contributed by atoms with Gasteiger partial charge in [-0.15, -0.1) is 11.8 Å². The summed E-state index contributed by atoms with van der Waals surface area (Å²) in [5, 5.41) is 6.82. The van der Waals surface area contributed by atoms with Crippen LogP contribution in [0.4, 0.5) is 5.69 Å². The van der Waals surface area contributed by atoms with Gasteiger partial charge in [0, 0.05) is 23.2 Å². The van der Waals surface area contributed by atoms with Crippen LogP contribution in [0.25, 0.3) is 0 Å². The Morgan fingerprint density at radius 2 is 1.83 bits per heavy atom. The van der Waals surface area contributed by atoms with E-state index in [1.54, 1.807) is 18.0 Å². The van der Waals surface area contributed by atoms with Crippen molar-refractivity contribution in [3.8, 4) is 0 Å². The highest BCUT2D eigenvalue weighted by molar-refractivity contribution is 7.98. The Kier molecular flexibility index (Phi) is 8.67. The number of benzene rings is 1. The number of pyridine rings is 1. The quantitative estimate of drug-likeness (QED) is 0.614. The molecule has 1 aromatic carbocycles. The highest BCUT2D eigenvalue weighted by atomic mass is 32.2. The molecule has 1 aromatic heterocycles. The van der Waals surface area contributed by atoms with E-state index in [4.69, 9.17) is 0 Å². The second-order valence-corrected chi connectivity index (χ2v) is 8.80. The summed E-state index contributed by atoms with van der Waals surface area (Å²) in [5.41, 5.74) is 1.58. The molecule has 0 bridgehead atoms. The Morgan fingerprint density at radius 3 is 2.48 bits per heavy atom. The fraction of sp³-hybridized carbons (Fsp3) is 0.409. The van der Waals surface area contributed by atoms with Crippen LogP contribution in [0.2, 0.25) is 0 Å². The molecular formula is C22H30N4O2S. The molecule has 7 heteroatoms. The van der Waals surface area contributed by atoms with Gasteiger partial charge in [0.2, 0.25) is 11.8 Å². The summed E-state index contributed by atoms with van der Waals surface area (Å²) in [6.45, 7) is 8.73. The van der Waals surface area contributed by atoms with E-state index in [9.17, 15) is 9.59 Å². The van der Waals surface area contributed by atoms with Crippen LogP contribution < -0.4 is 10.6 Å². The fourth-order valence-corrected chi connectivity index (χ4v) is 3.48. The number of carbonyl (C=O) groups is 2. The number of nitrogens with zero attached hydrogens (tertiary/aromatic N) is 2. The molecule has 0 aliphatic carbocycles. The van der Waals surface area contributed by atoms with Crippen LogP contribution in [0, 0.1) is 0 Å². The third kappa shape index (κ3) is 9.11. The molecule has 0 atom stereocenters. The lowest BCUT2D eigenvalue weighted by atomic mass is 10.1. The molecule has 0 radical (unpaired) electrons. The minimum atomic E-state index is -0.285. The molecule has 2 N–H and O–H groups in total. The highest BCUT2D eigenvalue weighted by Gasteiger charge is 2.17. The van der Waals surface area contributed by atoms with Crippen LogP contribution >= 0.6 is 11.8 Å². The van der Waals surface area contributed by atoms with E-state index < -0.39 is 0 Å². The standard InChI is InChI=1S/C22H30N4O2S/c1-5-26(15-20(28)25-22(2,3)4)14-19(27)24-18-10-8-9-17(13-18)16-29-21-11-6-7-12-23-21/h6-13H,5,14-16H2,1-4H3,(H,24,27)(H,25,28). The van der Waals surface area contributed by atoms with Crippen LogP contribution in [0.5, 0.6) is 0 Å². The fourth-order valence-electron chi connectivity index (χ4n) is 2.67. The average molecular weight is 415 g/mol. The van der Waals surface area contributed by atoms with Gasteiger partial charge >= 0.3 is 0 Å². The van der Waals surface area contributed by atoms with Gasteiger partial charge in [-0.05, 0) is 57.1 Å². The average Bonchev–Trinajstić information content (AvgIpc) is 2.65. The molecule has 0 spiro atoms. The lowest BCUT2D eigenvalue weighted by molar-refractivity contribution is -0.124. The second kappa shape index (κ2) is 11.0. The van der Waals surface area contributed by atoms with Crippen LogP contribution in [-0.2, 0) is 15.3 Å². The van der Waals surface area contributed by atoms with Gasteiger partial charge in [-0.2, -0.15) is 0 Å². The molecular weight excluding hydrogens is 384 g/mol. The molecule has 0 saturated heterocycles. The van der Waals surface area contributed by atoms with Crippen molar-refractivity contribution >= 4 is 29.3 Å². The Hall–Kier alpha value is -2.38. The van der Waals surface area contributed by atoms with Crippen molar-refractivity contribution in [1.29, 1.82) is 0 Å². The molecule has 29 heavy (non-hydrogen) atoms. The van der Waals surface area contributed by atoms with E-state index in [1.165, 1.54) is 0 Å². The van der Waals surface area contributed by atoms with Gasteiger partial charge in [0.1, 0.15) is 0 Å². The Morgan fingerprint density at radius 1 is 1.07 bits per heavy atom. The summed E-state index contributed by atoms with van der Waals surface area (Å²) in [6.07, 6.45) is 1.78. The van der Waals surface area contributed by atoms with Crippen LogP contribution in [-0.4, -0.2) is 46.9 Å². The van der Waals surface area contributed by atoms with Crippen LogP contribution in [0.3, 0.4) is 0 Å². The minimum Gasteiger partial charge on any atom is -0.350 e. The predicted molar refractivity (Wildman–Crippen MR) is 119 cm³/mol. The van der Waals surface area contributed by atoms with Crippen LogP contribution in [0.15, 0.2) is 53.7 Å². The van der Waals surface area contributed by atoms with Gasteiger partial charge in [-0.1, -0.05) is 25.1 Å². The van der Waals surface area contributed by atoms with Gasteiger partial charge < -0.3 is 10.6 Å². The number of nitrogens with one attached hydrogen (secondary N) is 2. The largest absolute Gasteiger partial charge is 0.350 e. The monoisotopic (exact) mass is 414 g/mol. The first-order valence-corrected chi connectivity index (χ1v) is 10.7. The normalized spacial score (nSPS) is 11.3. The SMILES string of the molecule is CCN(CC(=O)Nc1cccc(CSc2ccccn2)c1)CC(=O)NC(C)(C)C. The van der Waals surface area contributed by atoms with Crippen LogP contribution in [0.1, 0.15) is 33.3 Å². The van der Waals surface area contributed by atoms with E-state index in [0.717, 1.165) is 22.0 Å². The molecule has 0 aliphatic rings. The maximum atomic E-state index is 12.4. The summed E-state index contributed by atoms with van der Waals surface area (Å²) in [7, 11) is 0. The molecule has 0 aliphatic heterocycles. The van der Waals surface area contributed by atoms with E-state index in [2.05, 4.69) is 15.6 Å². The summed E-state index contributed by atoms with van der Waals surface area (Å²) in [4.78, 5) is 30.7. The first kappa shape index (κ1) is 22.9. The molecule has 2 aromatic rings. The number of hydrogen-bond donors (Lipinski definition) is 2. The minimum absolute atomic E-state index is 0.0827. The third-order valence-corrected chi connectivity index (χ3v) is 4.95. The Balaban J connectivity index is 1.86. The van der Waals surface area contributed by atoms with Crippen molar-refractivity contribution in [3.05, 3.63) is 54.2 Å². The number of amides is 2. The summed E-state index contributed by atoms with van der Waals surface area (Å²) >= 11 is 1.65. The number of carbonyl (C=O) groups excluding carboxylic acids is 2. The molecule has 1 heterocycles. The first-order valence-electron chi connectivity index (χ1n) is 9.71. The summed E-state index contributed by atoms with van der Waals surface area (Å²) in [6, 6.07) is 13.6. The van der Waals surface area contributed by atoms with Gasteiger partial charge in [0.05, 0.1) is 18.1 Å². The van der Waals surface area contributed by atoms with Gasteiger partial charge in [0.25, 0.3) is 0 Å². The maximum Gasteiger partial charge on any atom is 0.238 e. The first-order chi connectivity index (χ1) is 13.7. The van der Waals surface area contributed by atoms with Crippen molar-refractivity contribution in [2.75, 3.05) is 25.0 Å². The van der Waals surface area contributed by atoms with Gasteiger partial charge in [-0.3, -0.25) is 14.5 Å². The zero-order chi connectivity index (χ0) is 21.3. The lowest BCUT2D eigenvalue weighted by Crippen LogP contribution is -2.47. The Bertz CT molecular complexity index is 806. The maximum absolute atomic E-state index is 12.4. The van der Waals surface area contributed by atoms with Crippen molar-refractivity contribution < 1.29 is 9.59 Å². The van der Waals surface area contributed by atoms with E-state index in [-0.39, 0.29) is 30.4 Å². The van der Waals surface area contributed by atoms with E-state index in [1.807, 2.05) is 75.1 Å². The zero-order valence-electron chi connectivity index (χ0n) is 17.6. The van der Waals surface area contributed by atoms with Gasteiger partial charge in [0.15, 0.2) is 0 Å². The van der Waals surface area contributed by atoms with Crippen molar-refractivity contribution in [1.82, 2.24) is 15.2 Å². The smallest absolute Gasteiger partial charge is 0.238 e. The molecule has 2 amide bonds. The Labute approximate surface area is 177 Å². The molecule has 0 saturated carbocycles. The number of thioether (sulfide) groups is 1.